The number of ether oxygens (including phenoxy) is 2. The highest BCUT2D eigenvalue weighted by Crippen LogP contribution is 2.32. The minimum absolute atomic E-state index is 0.660. The van der Waals surface area contributed by atoms with E-state index in [1.165, 1.54) is 18.4 Å². The molecule has 1 aromatic carbocycles. The lowest BCUT2D eigenvalue weighted by Crippen LogP contribution is -2.18. The topological polar surface area (TPSA) is 33.7 Å². The highest BCUT2D eigenvalue weighted by Gasteiger charge is 2.21. The fraction of sp³-hybridized carbons (Fsp3) is 0.647. The number of nitrogens with one attached hydrogen (secondary N) is 1. The molecule has 1 N–H and O–H groups in total. The first-order chi connectivity index (χ1) is 10.2. The largest absolute Gasteiger partial charge is 0.490 e. The Balaban J connectivity index is 1.97. The van der Waals surface area contributed by atoms with Crippen molar-refractivity contribution in [2.75, 3.05) is 33.9 Å². The molecule has 0 aliphatic heterocycles. The first kappa shape index (κ1) is 16.1. The van der Waals surface area contributed by atoms with Crippen LogP contribution in [0.1, 0.15) is 31.7 Å². The summed E-state index contributed by atoms with van der Waals surface area (Å²) in [6.07, 6.45) is 3.61. The Kier molecular flexibility index (Phi) is 6.33. The van der Waals surface area contributed by atoms with E-state index in [1.807, 2.05) is 19.1 Å². The number of benzene rings is 1. The summed E-state index contributed by atoms with van der Waals surface area (Å²) in [6.45, 7) is 5.28. The molecule has 0 amide bonds. The van der Waals surface area contributed by atoms with E-state index in [-0.39, 0.29) is 0 Å². The second kappa shape index (κ2) is 8.25. The second-order valence-electron chi connectivity index (χ2n) is 5.84. The van der Waals surface area contributed by atoms with Gasteiger partial charge in [-0.2, -0.15) is 0 Å². The lowest BCUT2D eigenvalue weighted by atomic mass is 10.2. The Morgan fingerprint density at radius 1 is 1.24 bits per heavy atom. The normalized spacial score (nSPS) is 14.5. The highest BCUT2D eigenvalue weighted by molar-refractivity contribution is 5.46. The molecule has 0 saturated heterocycles. The zero-order valence-corrected chi connectivity index (χ0v) is 13.5. The van der Waals surface area contributed by atoms with Gasteiger partial charge in [0.2, 0.25) is 0 Å². The molecular formula is C17H28N2O2. The molecule has 0 radical (unpaired) electrons. The van der Waals surface area contributed by atoms with Gasteiger partial charge >= 0.3 is 0 Å². The van der Waals surface area contributed by atoms with Crippen LogP contribution in [0.25, 0.3) is 0 Å². The number of hydrogen-bond acceptors (Lipinski definition) is 4. The van der Waals surface area contributed by atoms with Crippen LogP contribution in [0.2, 0.25) is 0 Å². The van der Waals surface area contributed by atoms with Crippen molar-refractivity contribution in [2.45, 2.75) is 38.8 Å². The summed E-state index contributed by atoms with van der Waals surface area (Å²) in [7, 11) is 4.16. The molecule has 1 aliphatic carbocycles. The summed E-state index contributed by atoms with van der Waals surface area (Å²) in [6, 6.07) is 6.86. The number of rotatable bonds is 10. The number of para-hydroxylation sites is 1. The third kappa shape index (κ3) is 5.56. The van der Waals surface area contributed by atoms with Crippen molar-refractivity contribution >= 4 is 0 Å². The van der Waals surface area contributed by atoms with E-state index >= 15 is 0 Å². The lowest BCUT2D eigenvalue weighted by molar-refractivity contribution is 0.256. The van der Waals surface area contributed by atoms with Gasteiger partial charge in [0.05, 0.1) is 13.2 Å². The summed E-state index contributed by atoms with van der Waals surface area (Å²) in [5.74, 6) is 1.77. The van der Waals surface area contributed by atoms with Gasteiger partial charge in [-0.25, -0.2) is 0 Å². The maximum absolute atomic E-state index is 6.03. The molecule has 1 aliphatic rings. The maximum atomic E-state index is 6.03. The first-order valence-electron chi connectivity index (χ1n) is 7.96. The smallest absolute Gasteiger partial charge is 0.165 e. The third-order valence-corrected chi connectivity index (χ3v) is 3.51. The lowest BCUT2D eigenvalue weighted by Gasteiger charge is -2.17. The van der Waals surface area contributed by atoms with Crippen molar-refractivity contribution in [3.8, 4) is 11.5 Å². The minimum Gasteiger partial charge on any atom is -0.490 e. The van der Waals surface area contributed by atoms with Crippen LogP contribution in [0.3, 0.4) is 0 Å². The molecule has 4 nitrogen and oxygen atoms in total. The molecule has 0 atom stereocenters. The molecule has 1 saturated carbocycles. The van der Waals surface area contributed by atoms with E-state index in [2.05, 4.69) is 30.4 Å². The molecule has 21 heavy (non-hydrogen) atoms. The van der Waals surface area contributed by atoms with Gasteiger partial charge < -0.3 is 19.7 Å². The molecular weight excluding hydrogens is 264 g/mol. The molecule has 0 aromatic heterocycles. The molecule has 1 aromatic rings. The molecule has 1 fully saturated rings. The van der Waals surface area contributed by atoms with Gasteiger partial charge in [0.25, 0.3) is 0 Å². The summed E-state index contributed by atoms with van der Waals surface area (Å²) >= 11 is 0. The predicted octanol–water partition coefficient (Wildman–Crippen LogP) is 2.67. The van der Waals surface area contributed by atoms with Crippen LogP contribution in [0.5, 0.6) is 11.5 Å². The number of nitrogens with zero attached hydrogens (tertiary/aromatic N) is 1. The van der Waals surface area contributed by atoms with E-state index < -0.39 is 0 Å². The minimum atomic E-state index is 0.660. The van der Waals surface area contributed by atoms with E-state index in [0.29, 0.717) is 12.6 Å². The molecule has 2 rings (SSSR count). The van der Waals surface area contributed by atoms with Crippen LogP contribution in [0.15, 0.2) is 18.2 Å². The molecule has 0 heterocycles. The van der Waals surface area contributed by atoms with Crippen molar-refractivity contribution in [1.29, 1.82) is 0 Å². The quantitative estimate of drug-likeness (QED) is 0.672. The molecule has 0 spiro atoms. The van der Waals surface area contributed by atoms with E-state index in [4.69, 9.17) is 9.47 Å². The molecule has 0 unspecified atom stereocenters. The fourth-order valence-electron chi connectivity index (χ4n) is 2.23. The van der Waals surface area contributed by atoms with E-state index in [9.17, 15) is 0 Å². The van der Waals surface area contributed by atoms with Gasteiger partial charge in [0, 0.05) is 24.7 Å². The van der Waals surface area contributed by atoms with Gasteiger partial charge in [-0.05, 0) is 46.3 Å². The molecule has 4 heteroatoms. The monoisotopic (exact) mass is 292 g/mol. The SMILES string of the molecule is CCOc1cccc(CNC2CC2)c1OCCCN(C)C. The van der Waals surface area contributed by atoms with Crippen molar-refractivity contribution in [1.82, 2.24) is 10.2 Å². The van der Waals surface area contributed by atoms with Crippen molar-refractivity contribution < 1.29 is 9.47 Å². The summed E-state index contributed by atoms with van der Waals surface area (Å²) in [5.41, 5.74) is 1.19. The summed E-state index contributed by atoms with van der Waals surface area (Å²) in [4.78, 5) is 2.17. The van der Waals surface area contributed by atoms with Crippen molar-refractivity contribution in [3.05, 3.63) is 23.8 Å². The van der Waals surface area contributed by atoms with Crippen LogP contribution in [-0.2, 0) is 6.54 Å². The predicted molar refractivity (Wildman–Crippen MR) is 86.1 cm³/mol. The van der Waals surface area contributed by atoms with E-state index in [0.717, 1.165) is 37.6 Å². The third-order valence-electron chi connectivity index (χ3n) is 3.51. The highest BCUT2D eigenvalue weighted by atomic mass is 16.5. The molecule has 118 valence electrons. The standard InChI is InChI=1S/C17H28N2O2/c1-4-20-16-8-5-7-14(13-18-15-9-10-15)17(16)21-12-6-11-19(2)3/h5,7-8,15,18H,4,6,9-13H2,1-3H3. The number of hydrogen-bond donors (Lipinski definition) is 1. The van der Waals surface area contributed by atoms with Gasteiger partial charge in [0.15, 0.2) is 11.5 Å². The van der Waals surface area contributed by atoms with Crippen LogP contribution in [0, 0.1) is 0 Å². The first-order valence-corrected chi connectivity index (χ1v) is 7.96. The van der Waals surface area contributed by atoms with Gasteiger partial charge in [-0.1, -0.05) is 12.1 Å². The average molecular weight is 292 g/mol. The van der Waals surface area contributed by atoms with Crippen molar-refractivity contribution in [3.63, 3.8) is 0 Å². The Labute approximate surface area is 128 Å². The fourth-order valence-corrected chi connectivity index (χ4v) is 2.23. The van der Waals surface area contributed by atoms with Crippen LogP contribution in [0.4, 0.5) is 0 Å². The summed E-state index contributed by atoms with van der Waals surface area (Å²) in [5, 5.41) is 3.55. The van der Waals surface area contributed by atoms with Gasteiger partial charge in [-0.15, -0.1) is 0 Å². The Morgan fingerprint density at radius 2 is 2.05 bits per heavy atom. The second-order valence-corrected chi connectivity index (χ2v) is 5.84. The van der Waals surface area contributed by atoms with Crippen LogP contribution >= 0.6 is 0 Å². The van der Waals surface area contributed by atoms with Gasteiger partial charge in [-0.3, -0.25) is 0 Å². The Morgan fingerprint density at radius 3 is 2.71 bits per heavy atom. The van der Waals surface area contributed by atoms with Crippen molar-refractivity contribution in [2.24, 2.45) is 0 Å². The zero-order valence-electron chi connectivity index (χ0n) is 13.5. The molecule has 0 bridgehead atoms. The maximum Gasteiger partial charge on any atom is 0.165 e. The van der Waals surface area contributed by atoms with Crippen LogP contribution in [-0.4, -0.2) is 44.8 Å². The Hall–Kier alpha value is -1.26. The zero-order chi connectivity index (χ0) is 15.1. The van der Waals surface area contributed by atoms with Gasteiger partial charge in [0.1, 0.15) is 0 Å². The Bertz CT molecular complexity index is 431. The summed E-state index contributed by atoms with van der Waals surface area (Å²) < 4.78 is 11.7. The average Bonchev–Trinajstić information content (AvgIpc) is 3.27. The van der Waals surface area contributed by atoms with Crippen LogP contribution < -0.4 is 14.8 Å². The van der Waals surface area contributed by atoms with E-state index in [1.54, 1.807) is 0 Å².